The first-order valence-electron chi connectivity index (χ1n) is 6.49. The average molecular weight is 277 g/mol. The summed E-state index contributed by atoms with van der Waals surface area (Å²) in [7, 11) is 0. The van der Waals surface area contributed by atoms with Crippen LogP contribution in [0.1, 0.15) is 41.4 Å². The first kappa shape index (κ1) is 14.2. The minimum absolute atomic E-state index is 0.0604. The molecule has 0 radical (unpaired) electrons. The summed E-state index contributed by atoms with van der Waals surface area (Å²) >= 11 is 0. The van der Waals surface area contributed by atoms with Crippen LogP contribution < -0.4 is 0 Å². The molecule has 0 amide bonds. The lowest BCUT2D eigenvalue weighted by atomic mass is 10.1. The number of aryl methyl sites for hydroxylation is 2. The Hall–Kier alpha value is -2.24. The van der Waals surface area contributed by atoms with Gasteiger partial charge in [-0.2, -0.15) is 5.10 Å². The molecular formula is C14H16FN3O2. The van der Waals surface area contributed by atoms with E-state index in [0.29, 0.717) is 12.0 Å². The summed E-state index contributed by atoms with van der Waals surface area (Å²) in [6.07, 6.45) is 1.43. The number of halogens is 1. The molecule has 1 aromatic heterocycles. The second-order valence-electron chi connectivity index (χ2n) is 4.42. The number of aromatic nitrogens is 3. The number of hydrogen-bond donors (Lipinski definition) is 1. The van der Waals surface area contributed by atoms with Crippen molar-refractivity contribution in [1.82, 2.24) is 14.8 Å². The van der Waals surface area contributed by atoms with Crippen molar-refractivity contribution in [2.24, 2.45) is 0 Å². The third-order valence-electron chi connectivity index (χ3n) is 3.04. The quantitative estimate of drug-likeness (QED) is 0.910. The van der Waals surface area contributed by atoms with Gasteiger partial charge < -0.3 is 5.11 Å². The van der Waals surface area contributed by atoms with Gasteiger partial charge in [-0.1, -0.05) is 19.9 Å². The van der Waals surface area contributed by atoms with Gasteiger partial charge in [0.1, 0.15) is 11.6 Å². The van der Waals surface area contributed by atoms with E-state index in [2.05, 4.69) is 10.1 Å². The van der Waals surface area contributed by atoms with Crippen LogP contribution in [0.2, 0.25) is 0 Å². The van der Waals surface area contributed by atoms with Crippen molar-refractivity contribution in [3.05, 3.63) is 46.8 Å². The molecule has 0 spiro atoms. The molecule has 0 unspecified atom stereocenters. The first-order valence-corrected chi connectivity index (χ1v) is 6.49. The smallest absolute Gasteiger partial charge is 0.335 e. The molecule has 0 aliphatic heterocycles. The number of aromatic carboxylic acids is 1. The van der Waals surface area contributed by atoms with Gasteiger partial charge in [-0.3, -0.25) is 0 Å². The molecule has 0 saturated heterocycles. The average Bonchev–Trinajstić information content (AvgIpc) is 2.83. The molecule has 0 atom stereocenters. The maximum Gasteiger partial charge on any atom is 0.335 e. The molecule has 0 saturated carbocycles. The lowest BCUT2D eigenvalue weighted by molar-refractivity contribution is 0.0696. The molecule has 6 heteroatoms. The number of carbonyl (C=O) groups is 1. The van der Waals surface area contributed by atoms with Crippen LogP contribution in [-0.2, 0) is 19.4 Å². The second-order valence-corrected chi connectivity index (χ2v) is 4.42. The number of nitrogens with zero attached hydrogens (tertiary/aromatic N) is 3. The van der Waals surface area contributed by atoms with Crippen molar-refractivity contribution < 1.29 is 14.3 Å². The molecule has 5 nitrogen and oxygen atoms in total. The largest absolute Gasteiger partial charge is 0.478 e. The van der Waals surface area contributed by atoms with Gasteiger partial charge in [-0.05, 0) is 12.1 Å². The number of hydrogen-bond acceptors (Lipinski definition) is 3. The predicted octanol–water partition coefficient (Wildman–Crippen LogP) is 2.29. The fourth-order valence-corrected chi connectivity index (χ4v) is 1.93. The van der Waals surface area contributed by atoms with Crippen LogP contribution in [-0.4, -0.2) is 25.8 Å². The normalized spacial score (nSPS) is 10.8. The Morgan fingerprint density at radius 3 is 2.65 bits per heavy atom. The lowest BCUT2D eigenvalue weighted by Crippen LogP contribution is -2.09. The van der Waals surface area contributed by atoms with Gasteiger partial charge in [0.2, 0.25) is 0 Å². The van der Waals surface area contributed by atoms with Gasteiger partial charge >= 0.3 is 5.97 Å². The molecule has 0 bridgehead atoms. The number of carboxylic acids is 1. The zero-order valence-corrected chi connectivity index (χ0v) is 11.4. The summed E-state index contributed by atoms with van der Waals surface area (Å²) in [4.78, 5) is 15.1. The summed E-state index contributed by atoms with van der Waals surface area (Å²) in [5.74, 6) is -0.160. The van der Waals surface area contributed by atoms with Crippen molar-refractivity contribution in [1.29, 1.82) is 0 Å². The van der Waals surface area contributed by atoms with Crippen molar-refractivity contribution in [3.63, 3.8) is 0 Å². The second kappa shape index (κ2) is 5.81. The van der Waals surface area contributed by atoms with Crippen LogP contribution in [0.15, 0.2) is 18.2 Å². The Labute approximate surface area is 116 Å². The van der Waals surface area contributed by atoms with E-state index in [1.165, 1.54) is 12.1 Å². The summed E-state index contributed by atoms with van der Waals surface area (Å²) < 4.78 is 15.6. The van der Waals surface area contributed by atoms with E-state index in [0.717, 1.165) is 24.1 Å². The highest BCUT2D eigenvalue weighted by Crippen LogP contribution is 2.13. The summed E-state index contributed by atoms with van der Waals surface area (Å²) in [6.45, 7) is 4.17. The summed E-state index contributed by atoms with van der Waals surface area (Å²) in [5.41, 5.74) is 0.340. The minimum Gasteiger partial charge on any atom is -0.478 e. The molecular weight excluding hydrogens is 261 g/mol. The maximum atomic E-state index is 13.9. The van der Waals surface area contributed by atoms with Crippen LogP contribution in [0.3, 0.4) is 0 Å². The molecule has 1 heterocycles. The van der Waals surface area contributed by atoms with E-state index >= 15 is 0 Å². The number of carboxylic acid groups (broad SMARTS) is 1. The van der Waals surface area contributed by atoms with Crippen LogP contribution in [0.5, 0.6) is 0 Å². The molecule has 2 aromatic rings. The Bertz CT molecular complexity index is 637. The summed E-state index contributed by atoms with van der Waals surface area (Å²) in [6, 6.07) is 3.90. The van der Waals surface area contributed by atoms with Crippen LogP contribution in [0, 0.1) is 5.82 Å². The van der Waals surface area contributed by atoms with E-state index in [1.54, 1.807) is 4.68 Å². The molecule has 0 aliphatic carbocycles. The Morgan fingerprint density at radius 1 is 1.35 bits per heavy atom. The Morgan fingerprint density at radius 2 is 2.10 bits per heavy atom. The highest BCUT2D eigenvalue weighted by molar-refractivity contribution is 5.87. The molecule has 1 aromatic carbocycles. The van der Waals surface area contributed by atoms with Crippen molar-refractivity contribution in [2.75, 3.05) is 0 Å². The zero-order chi connectivity index (χ0) is 14.7. The Balaban J connectivity index is 2.30. The Kier molecular flexibility index (Phi) is 4.12. The molecule has 0 fully saturated rings. The predicted molar refractivity (Wildman–Crippen MR) is 71.2 cm³/mol. The van der Waals surface area contributed by atoms with E-state index in [1.807, 2.05) is 13.8 Å². The van der Waals surface area contributed by atoms with Gasteiger partial charge in [0.15, 0.2) is 5.82 Å². The van der Waals surface area contributed by atoms with E-state index in [4.69, 9.17) is 5.11 Å². The monoisotopic (exact) mass is 277 g/mol. The van der Waals surface area contributed by atoms with Crippen LogP contribution in [0.4, 0.5) is 4.39 Å². The fourth-order valence-electron chi connectivity index (χ4n) is 1.93. The molecule has 106 valence electrons. The fraction of sp³-hybridized carbons (Fsp3) is 0.357. The van der Waals surface area contributed by atoms with Gasteiger partial charge in [0.25, 0.3) is 0 Å². The maximum absolute atomic E-state index is 13.9. The van der Waals surface area contributed by atoms with Crippen molar-refractivity contribution >= 4 is 5.97 Å². The van der Waals surface area contributed by atoms with Gasteiger partial charge in [0.05, 0.1) is 12.1 Å². The van der Waals surface area contributed by atoms with E-state index in [-0.39, 0.29) is 12.1 Å². The molecule has 2 rings (SSSR count). The molecule has 20 heavy (non-hydrogen) atoms. The van der Waals surface area contributed by atoms with E-state index < -0.39 is 11.8 Å². The van der Waals surface area contributed by atoms with E-state index in [9.17, 15) is 9.18 Å². The topological polar surface area (TPSA) is 68.0 Å². The highest BCUT2D eigenvalue weighted by Gasteiger charge is 2.12. The minimum atomic E-state index is -1.14. The molecule has 1 N–H and O–H groups in total. The third-order valence-corrected chi connectivity index (χ3v) is 3.04. The van der Waals surface area contributed by atoms with Crippen molar-refractivity contribution in [2.45, 2.75) is 33.2 Å². The van der Waals surface area contributed by atoms with Crippen molar-refractivity contribution in [3.8, 4) is 0 Å². The van der Waals surface area contributed by atoms with Crippen LogP contribution >= 0.6 is 0 Å². The SMILES string of the molecule is CCc1nc(CC)n(Cc2ccc(C(=O)O)cc2F)n1. The number of rotatable bonds is 5. The first-order chi connectivity index (χ1) is 9.55. The number of benzene rings is 1. The van der Waals surface area contributed by atoms with Crippen LogP contribution in [0.25, 0.3) is 0 Å². The van der Waals surface area contributed by atoms with Gasteiger partial charge in [0, 0.05) is 18.4 Å². The zero-order valence-electron chi connectivity index (χ0n) is 11.4. The highest BCUT2D eigenvalue weighted by atomic mass is 19.1. The lowest BCUT2D eigenvalue weighted by Gasteiger charge is -2.06. The third kappa shape index (κ3) is 2.84. The van der Waals surface area contributed by atoms with Gasteiger partial charge in [-0.25, -0.2) is 18.9 Å². The molecule has 0 aliphatic rings. The van der Waals surface area contributed by atoms with Gasteiger partial charge in [-0.15, -0.1) is 0 Å². The summed E-state index contributed by atoms with van der Waals surface area (Å²) in [5, 5.41) is 13.1. The standard InChI is InChI=1S/C14H16FN3O2/c1-3-12-16-13(4-2)18(17-12)8-10-6-5-9(14(19)20)7-11(10)15/h5-7H,3-4,8H2,1-2H3,(H,19,20).